The van der Waals surface area contributed by atoms with Gasteiger partial charge >= 0.3 is 5.97 Å². The third kappa shape index (κ3) is 2.88. The number of aromatic nitrogens is 1. The van der Waals surface area contributed by atoms with Crippen LogP contribution in [-0.2, 0) is 16.0 Å². The molecule has 6 heteroatoms. The highest BCUT2D eigenvalue weighted by Crippen LogP contribution is 2.29. The molecule has 0 bridgehead atoms. The van der Waals surface area contributed by atoms with E-state index in [1.54, 1.807) is 6.92 Å². The molecule has 16 heavy (non-hydrogen) atoms. The number of carbonyl (C=O) groups excluding carboxylic acids is 1. The van der Waals surface area contributed by atoms with E-state index in [0.717, 1.165) is 6.20 Å². The highest BCUT2D eigenvalue weighted by Gasteiger charge is 2.18. The standard InChI is InChI=1S/C10H11F2NO3/c1-2-16-7(14)5-6-3-4-13-8(9(6)15)10(11)12/h3-4,10,15H,2,5H2,1H3. The molecule has 0 radical (unpaired) electrons. The molecule has 0 fully saturated rings. The Labute approximate surface area is 90.9 Å². The number of alkyl halides is 2. The van der Waals surface area contributed by atoms with Gasteiger partial charge in [-0.3, -0.25) is 9.78 Å². The zero-order valence-electron chi connectivity index (χ0n) is 8.61. The predicted molar refractivity (Wildman–Crippen MR) is 51.2 cm³/mol. The molecule has 0 aliphatic heterocycles. The molecule has 0 amide bonds. The van der Waals surface area contributed by atoms with Crippen molar-refractivity contribution in [1.82, 2.24) is 4.98 Å². The number of esters is 1. The summed E-state index contributed by atoms with van der Waals surface area (Å²) in [6.07, 6.45) is -2.00. The van der Waals surface area contributed by atoms with Crippen molar-refractivity contribution in [3.8, 4) is 5.75 Å². The number of pyridine rings is 1. The molecule has 88 valence electrons. The van der Waals surface area contributed by atoms with Gasteiger partial charge in [0.25, 0.3) is 6.43 Å². The Morgan fingerprint density at radius 1 is 1.62 bits per heavy atom. The van der Waals surface area contributed by atoms with Gasteiger partial charge in [0.15, 0.2) is 0 Å². The number of hydrogen-bond donors (Lipinski definition) is 1. The van der Waals surface area contributed by atoms with Crippen LogP contribution in [0.4, 0.5) is 8.78 Å². The third-order valence-corrected chi connectivity index (χ3v) is 1.88. The van der Waals surface area contributed by atoms with Crippen LogP contribution in [0.15, 0.2) is 12.3 Å². The molecule has 0 spiro atoms. The van der Waals surface area contributed by atoms with E-state index < -0.39 is 23.8 Å². The minimum Gasteiger partial charge on any atom is -0.506 e. The van der Waals surface area contributed by atoms with Crippen LogP contribution in [0.25, 0.3) is 0 Å². The Morgan fingerprint density at radius 2 is 2.31 bits per heavy atom. The maximum Gasteiger partial charge on any atom is 0.310 e. The average molecular weight is 231 g/mol. The van der Waals surface area contributed by atoms with Gasteiger partial charge in [-0.2, -0.15) is 0 Å². The molecule has 1 aromatic rings. The third-order valence-electron chi connectivity index (χ3n) is 1.88. The van der Waals surface area contributed by atoms with Crippen molar-refractivity contribution in [2.24, 2.45) is 0 Å². The predicted octanol–water partition coefficient (Wildman–Crippen LogP) is 1.83. The van der Waals surface area contributed by atoms with Crippen molar-refractivity contribution in [2.45, 2.75) is 19.8 Å². The summed E-state index contributed by atoms with van der Waals surface area (Å²) in [5.41, 5.74) is -0.634. The van der Waals surface area contributed by atoms with Gasteiger partial charge in [-0.25, -0.2) is 8.78 Å². The molecular formula is C10H11F2NO3. The summed E-state index contributed by atoms with van der Waals surface area (Å²) >= 11 is 0. The summed E-state index contributed by atoms with van der Waals surface area (Å²) < 4.78 is 29.4. The molecule has 1 heterocycles. The van der Waals surface area contributed by atoms with Gasteiger partial charge in [-0.1, -0.05) is 0 Å². The SMILES string of the molecule is CCOC(=O)Cc1ccnc(C(F)F)c1O. The Morgan fingerprint density at radius 3 is 2.88 bits per heavy atom. The number of hydrogen-bond acceptors (Lipinski definition) is 4. The number of aromatic hydroxyl groups is 1. The fraction of sp³-hybridized carbons (Fsp3) is 0.400. The van der Waals surface area contributed by atoms with Crippen LogP contribution in [0.3, 0.4) is 0 Å². The first-order valence-electron chi connectivity index (χ1n) is 4.66. The van der Waals surface area contributed by atoms with Crippen LogP contribution >= 0.6 is 0 Å². The number of carbonyl (C=O) groups is 1. The van der Waals surface area contributed by atoms with Gasteiger partial charge in [0.2, 0.25) is 0 Å². The summed E-state index contributed by atoms with van der Waals surface area (Å²) in [5.74, 6) is -1.23. The fourth-order valence-corrected chi connectivity index (χ4v) is 1.18. The summed E-state index contributed by atoms with van der Waals surface area (Å²) in [5, 5.41) is 9.43. The van der Waals surface area contributed by atoms with Crippen molar-refractivity contribution in [3.63, 3.8) is 0 Å². The lowest BCUT2D eigenvalue weighted by Crippen LogP contribution is -2.08. The van der Waals surface area contributed by atoms with Crippen molar-refractivity contribution in [3.05, 3.63) is 23.5 Å². The van der Waals surface area contributed by atoms with Crippen LogP contribution in [0.1, 0.15) is 24.6 Å². The van der Waals surface area contributed by atoms with Gasteiger partial charge in [0.1, 0.15) is 11.4 Å². The molecular weight excluding hydrogens is 220 g/mol. The Bertz CT molecular complexity index is 382. The number of ether oxygens (including phenoxy) is 1. The van der Waals surface area contributed by atoms with Gasteiger partial charge in [-0.05, 0) is 13.0 Å². The van der Waals surface area contributed by atoms with Crippen LogP contribution in [0.5, 0.6) is 5.75 Å². The minimum absolute atomic E-state index is 0.0868. The van der Waals surface area contributed by atoms with E-state index in [2.05, 4.69) is 9.72 Å². The topological polar surface area (TPSA) is 59.4 Å². The molecule has 1 N–H and O–H groups in total. The zero-order chi connectivity index (χ0) is 12.1. The molecule has 1 aromatic heterocycles. The highest BCUT2D eigenvalue weighted by atomic mass is 19.3. The van der Waals surface area contributed by atoms with E-state index in [9.17, 15) is 18.7 Å². The number of halogens is 2. The van der Waals surface area contributed by atoms with Gasteiger partial charge in [-0.15, -0.1) is 0 Å². The van der Waals surface area contributed by atoms with Gasteiger partial charge < -0.3 is 9.84 Å². The zero-order valence-corrected chi connectivity index (χ0v) is 8.61. The molecule has 0 aliphatic carbocycles. The smallest absolute Gasteiger partial charge is 0.310 e. The Hall–Kier alpha value is -1.72. The van der Waals surface area contributed by atoms with E-state index in [4.69, 9.17) is 0 Å². The first-order chi connectivity index (χ1) is 7.56. The number of rotatable bonds is 4. The van der Waals surface area contributed by atoms with Crippen molar-refractivity contribution >= 4 is 5.97 Å². The number of nitrogens with zero attached hydrogens (tertiary/aromatic N) is 1. The lowest BCUT2D eigenvalue weighted by atomic mass is 10.1. The first-order valence-corrected chi connectivity index (χ1v) is 4.66. The molecule has 1 rings (SSSR count). The molecule has 0 atom stereocenters. The highest BCUT2D eigenvalue weighted by molar-refractivity contribution is 5.73. The summed E-state index contributed by atoms with van der Waals surface area (Å²) in [6, 6.07) is 1.30. The Kier molecular flexibility index (Phi) is 4.16. The second kappa shape index (κ2) is 5.39. The molecule has 0 aromatic carbocycles. The second-order valence-corrected chi connectivity index (χ2v) is 2.99. The summed E-state index contributed by atoms with van der Waals surface area (Å²) in [6.45, 7) is 1.83. The minimum atomic E-state index is -2.87. The van der Waals surface area contributed by atoms with Crippen molar-refractivity contribution in [1.29, 1.82) is 0 Å². The van der Waals surface area contributed by atoms with Gasteiger partial charge in [0, 0.05) is 11.8 Å². The molecule has 4 nitrogen and oxygen atoms in total. The van der Waals surface area contributed by atoms with E-state index in [1.165, 1.54) is 6.07 Å². The monoisotopic (exact) mass is 231 g/mol. The second-order valence-electron chi connectivity index (χ2n) is 2.99. The molecule has 0 unspecified atom stereocenters. The van der Waals surface area contributed by atoms with E-state index in [-0.39, 0.29) is 18.6 Å². The fourth-order valence-electron chi connectivity index (χ4n) is 1.18. The van der Waals surface area contributed by atoms with Gasteiger partial charge in [0.05, 0.1) is 13.0 Å². The lowest BCUT2D eigenvalue weighted by Gasteiger charge is -2.07. The normalized spacial score (nSPS) is 10.5. The molecule has 0 saturated heterocycles. The maximum absolute atomic E-state index is 12.4. The van der Waals surface area contributed by atoms with Crippen LogP contribution in [-0.4, -0.2) is 22.7 Å². The summed E-state index contributed by atoms with van der Waals surface area (Å²) in [4.78, 5) is 14.4. The van der Waals surface area contributed by atoms with Crippen molar-refractivity contribution in [2.75, 3.05) is 6.61 Å². The van der Waals surface area contributed by atoms with Crippen molar-refractivity contribution < 1.29 is 23.4 Å². The molecule has 0 aliphatic rings. The first kappa shape index (κ1) is 12.4. The average Bonchev–Trinajstić information content (AvgIpc) is 2.21. The quantitative estimate of drug-likeness (QED) is 0.803. The molecule has 0 saturated carbocycles. The van der Waals surface area contributed by atoms with E-state index in [1.807, 2.05) is 0 Å². The van der Waals surface area contributed by atoms with E-state index >= 15 is 0 Å². The van der Waals surface area contributed by atoms with E-state index in [0.29, 0.717) is 0 Å². The lowest BCUT2D eigenvalue weighted by molar-refractivity contribution is -0.142. The maximum atomic E-state index is 12.4. The Balaban J connectivity index is 2.89. The summed E-state index contributed by atoms with van der Waals surface area (Å²) in [7, 11) is 0. The van der Waals surface area contributed by atoms with Crippen LogP contribution < -0.4 is 0 Å². The van der Waals surface area contributed by atoms with Crippen LogP contribution in [0, 0.1) is 0 Å². The van der Waals surface area contributed by atoms with Crippen LogP contribution in [0.2, 0.25) is 0 Å². The largest absolute Gasteiger partial charge is 0.506 e.